The highest BCUT2D eigenvalue weighted by atomic mass is 19.4. The lowest BCUT2D eigenvalue weighted by Gasteiger charge is -2.21. The van der Waals surface area contributed by atoms with Gasteiger partial charge < -0.3 is 15.4 Å². The molecule has 1 aliphatic rings. The van der Waals surface area contributed by atoms with Gasteiger partial charge in [-0.05, 0) is 43.0 Å². The number of hydrogen-bond donors (Lipinski definition) is 2. The van der Waals surface area contributed by atoms with Crippen molar-refractivity contribution >= 4 is 17.8 Å². The Kier molecular flexibility index (Phi) is 7.83. The van der Waals surface area contributed by atoms with Crippen molar-refractivity contribution in [1.29, 1.82) is 0 Å². The Hall–Kier alpha value is -2.58. The van der Waals surface area contributed by atoms with E-state index in [1.165, 1.54) is 6.42 Å². The van der Waals surface area contributed by atoms with Gasteiger partial charge in [0.2, 0.25) is 0 Å². The first-order valence-corrected chi connectivity index (χ1v) is 9.13. The van der Waals surface area contributed by atoms with Crippen LogP contribution in [-0.2, 0) is 20.5 Å². The summed E-state index contributed by atoms with van der Waals surface area (Å²) < 4.78 is 42.3. The molecule has 2 amide bonds. The molecule has 9 heteroatoms. The molecule has 0 aliphatic heterocycles. The van der Waals surface area contributed by atoms with E-state index < -0.39 is 42.7 Å². The van der Waals surface area contributed by atoms with Gasteiger partial charge in [0.15, 0.2) is 6.61 Å². The molecular formula is C19H23F3N2O4. The molecule has 2 rings (SSSR count). The number of carbonyl (C=O) groups is 3. The lowest BCUT2D eigenvalue weighted by atomic mass is 9.89. The summed E-state index contributed by atoms with van der Waals surface area (Å²) in [6, 6.07) is 3.60. The molecule has 1 saturated carbocycles. The number of halogens is 3. The molecule has 154 valence electrons. The van der Waals surface area contributed by atoms with Crippen LogP contribution >= 0.6 is 0 Å². The minimum atomic E-state index is -4.49. The first-order valence-electron chi connectivity index (χ1n) is 9.13. The van der Waals surface area contributed by atoms with Crippen LogP contribution in [0.5, 0.6) is 0 Å². The maximum Gasteiger partial charge on any atom is 0.416 e. The Labute approximate surface area is 160 Å². The van der Waals surface area contributed by atoms with Crippen LogP contribution in [0, 0.1) is 5.92 Å². The van der Waals surface area contributed by atoms with Crippen LogP contribution in [-0.4, -0.2) is 37.5 Å². The molecule has 1 aromatic rings. The van der Waals surface area contributed by atoms with Gasteiger partial charge in [-0.25, -0.2) is 0 Å². The molecule has 1 aliphatic carbocycles. The van der Waals surface area contributed by atoms with Crippen molar-refractivity contribution in [2.45, 2.75) is 38.3 Å². The van der Waals surface area contributed by atoms with Crippen LogP contribution in [0.25, 0.3) is 0 Å². The highest BCUT2D eigenvalue weighted by molar-refractivity contribution is 5.96. The molecule has 0 unspecified atom stereocenters. The van der Waals surface area contributed by atoms with E-state index in [0.717, 1.165) is 49.9 Å². The van der Waals surface area contributed by atoms with Gasteiger partial charge in [-0.2, -0.15) is 13.2 Å². The minimum Gasteiger partial charge on any atom is -0.454 e. The smallest absolute Gasteiger partial charge is 0.416 e. The van der Waals surface area contributed by atoms with E-state index >= 15 is 0 Å². The molecule has 0 atom stereocenters. The zero-order valence-corrected chi connectivity index (χ0v) is 15.3. The molecule has 1 aromatic carbocycles. The number of benzene rings is 1. The predicted molar refractivity (Wildman–Crippen MR) is 94.3 cm³/mol. The summed E-state index contributed by atoms with van der Waals surface area (Å²) in [6.45, 7) is -0.376. The fraction of sp³-hybridized carbons (Fsp3) is 0.526. The van der Waals surface area contributed by atoms with E-state index in [1.54, 1.807) is 0 Å². The van der Waals surface area contributed by atoms with Crippen molar-refractivity contribution in [2.75, 3.05) is 19.7 Å². The molecule has 0 saturated heterocycles. The zero-order chi connectivity index (χ0) is 20.6. The highest BCUT2D eigenvalue weighted by Crippen LogP contribution is 2.29. The lowest BCUT2D eigenvalue weighted by molar-refractivity contribution is -0.147. The van der Waals surface area contributed by atoms with E-state index in [-0.39, 0.29) is 5.56 Å². The van der Waals surface area contributed by atoms with Crippen molar-refractivity contribution in [1.82, 2.24) is 10.6 Å². The van der Waals surface area contributed by atoms with Gasteiger partial charge in [-0.3, -0.25) is 14.4 Å². The van der Waals surface area contributed by atoms with E-state index in [0.29, 0.717) is 12.5 Å². The standard InChI is InChI=1S/C19H23F3N2O4/c20-19(21,22)15-8-6-14(7-9-15)18(27)24-11-17(26)28-12-16(25)23-10-13-4-2-1-3-5-13/h6-9,13H,1-5,10-12H2,(H,23,25)(H,24,27). The highest BCUT2D eigenvalue weighted by Gasteiger charge is 2.30. The molecular weight excluding hydrogens is 377 g/mol. The van der Waals surface area contributed by atoms with Gasteiger partial charge in [-0.15, -0.1) is 0 Å². The summed E-state index contributed by atoms with van der Waals surface area (Å²) in [5, 5.41) is 4.96. The molecule has 1 fully saturated rings. The van der Waals surface area contributed by atoms with Gasteiger partial charge in [0, 0.05) is 12.1 Å². The SMILES string of the molecule is O=C(COC(=O)CNC(=O)c1ccc(C(F)(F)F)cc1)NCC1CCCCC1. The topological polar surface area (TPSA) is 84.5 Å². The van der Waals surface area contributed by atoms with Crippen LogP contribution in [0.4, 0.5) is 13.2 Å². The van der Waals surface area contributed by atoms with Crippen molar-refractivity contribution in [3.05, 3.63) is 35.4 Å². The fourth-order valence-corrected chi connectivity index (χ4v) is 2.96. The number of alkyl halides is 3. The van der Waals surface area contributed by atoms with Gasteiger partial charge in [-0.1, -0.05) is 19.3 Å². The Morgan fingerprint density at radius 1 is 1.00 bits per heavy atom. The first-order chi connectivity index (χ1) is 13.3. The summed E-state index contributed by atoms with van der Waals surface area (Å²) in [5.74, 6) is -1.48. The Balaban J connectivity index is 1.65. The van der Waals surface area contributed by atoms with Gasteiger partial charge in [0.05, 0.1) is 5.56 Å². The third-order valence-corrected chi connectivity index (χ3v) is 4.54. The summed E-state index contributed by atoms with van der Waals surface area (Å²) in [7, 11) is 0. The van der Waals surface area contributed by atoms with Gasteiger partial charge in [0.1, 0.15) is 6.54 Å². The largest absolute Gasteiger partial charge is 0.454 e. The molecule has 0 spiro atoms. The molecule has 6 nitrogen and oxygen atoms in total. The monoisotopic (exact) mass is 400 g/mol. The second-order valence-corrected chi connectivity index (χ2v) is 6.73. The first kappa shape index (κ1) is 21.7. The van der Waals surface area contributed by atoms with E-state index in [4.69, 9.17) is 4.74 Å². The van der Waals surface area contributed by atoms with Gasteiger partial charge >= 0.3 is 12.1 Å². The van der Waals surface area contributed by atoms with Crippen molar-refractivity contribution < 1.29 is 32.3 Å². The third kappa shape index (κ3) is 7.21. The Morgan fingerprint density at radius 2 is 1.64 bits per heavy atom. The van der Waals surface area contributed by atoms with Crippen LogP contribution < -0.4 is 10.6 Å². The maximum atomic E-state index is 12.5. The molecule has 0 aromatic heterocycles. The number of rotatable bonds is 7. The Morgan fingerprint density at radius 3 is 2.25 bits per heavy atom. The number of esters is 1. The summed E-state index contributed by atoms with van der Waals surface area (Å²) in [6.07, 6.45) is 1.21. The number of carbonyl (C=O) groups excluding carboxylic acids is 3. The molecule has 0 heterocycles. The quantitative estimate of drug-likeness (QED) is 0.690. The molecule has 0 radical (unpaired) electrons. The third-order valence-electron chi connectivity index (χ3n) is 4.54. The number of hydrogen-bond acceptors (Lipinski definition) is 4. The van der Waals surface area contributed by atoms with E-state index in [9.17, 15) is 27.6 Å². The van der Waals surface area contributed by atoms with Crippen molar-refractivity contribution in [2.24, 2.45) is 5.92 Å². The van der Waals surface area contributed by atoms with Crippen LogP contribution in [0.3, 0.4) is 0 Å². The molecule has 28 heavy (non-hydrogen) atoms. The normalized spacial score (nSPS) is 15.0. The van der Waals surface area contributed by atoms with Crippen LogP contribution in [0.2, 0.25) is 0 Å². The van der Waals surface area contributed by atoms with Crippen LogP contribution in [0.1, 0.15) is 48.0 Å². The molecule has 2 N–H and O–H groups in total. The Bertz CT molecular complexity index is 683. The second kappa shape index (κ2) is 10.1. The van der Waals surface area contributed by atoms with Crippen LogP contribution in [0.15, 0.2) is 24.3 Å². The summed E-state index contributed by atoms with van der Waals surface area (Å²) in [4.78, 5) is 35.2. The summed E-state index contributed by atoms with van der Waals surface area (Å²) in [5.41, 5.74) is -0.895. The van der Waals surface area contributed by atoms with Crippen molar-refractivity contribution in [3.63, 3.8) is 0 Å². The predicted octanol–water partition coefficient (Wildman–Crippen LogP) is 2.67. The maximum absolute atomic E-state index is 12.5. The zero-order valence-electron chi connectivity index (χ0n) is 15.3. The molecule has 0 bridgehead atoms. The lowest BCUT2D eigenvalue weighted by Crippen LogP contribution is -2.36. The fourth-order valence-electron chi connectivity index (χ4n) is 2.96. The van der Waals surface area contributed by atoms with Gasteiger partial charge in [0.25, 0.3) is 11.8 Å². The van der Waals surface area contributed by atoms with E-state index in [1.807, 2.05) is 0 Å². The van der Waals surface area contributed by atoms with E-state index in [2.05, 4.69) is 10.6 Å². The number of amides is 2. The number of ether oxygens (including phenoxy) is 1. The second-order valence-electron chi connectivity index (χ2n) is 6.73. The van der Waals surface area contributed by atoms with Crippen molar-refractivity contribution in [3.8, 4) is 0 Å². The average Bonchev–Trinajstić information content (AvgIpc) is 2.69. The minimum absolute atomic E-state index is 0.0222. The number of nitrogens with one attached hydrogen (secondary N) is 2. The summed E-state index contributed by atoms with van der Waals surface area (Å²) >= 11 is 0. The average molecular weight is 400 g/mol.